The van der Waals surface area contributed by atoms with E-state index in [1.165, 1.54) is 24.7 Å². The zero-order valence-corrected chi connectivity index (χ0v) is 25.0. The van der Waals surface area contributed by atoms with E-state index in [9.17, 15) is 8.42 Å². The van der Waals surface area contributed by atoms with Crippen LogP contribution in [-0.4, -0.2) is 91.8 Å². The molecule has 3 heterocycles. The fourth-order valence-corrected chi connectivity index (χ4v) is 7.51. The van der Waals surface area contributed by atoms with Gasteiger partial charge in [0.25, 0.3) is 0 Å². The Morgan fingerprint density at radius 2 is 1.66 bits per heavy atom. The lowest BCUT2D eigenvalue weighted by Crippen LogP contribution is -2.44. The molecular formula is C31H41N5O4S. The van der Waals surface area contributed by atoms with Crippen molar-refractivity contribution >= 4 is 9.84 Å². The first-order valence-electron chi connectivity index (χ1n) is 14.9. The van der Waals surface area contributed by atoms with Crippen molar-refractivity contribution < 1.29 is 17.9 Å². The van der Waals surface area contributed by atoms with Crippen LogP contribution in [0, 0.1) is 0 Å². The molecule has 41 heavy (non-hydrogen) atoms. The predicted octanol–water partition coefficient (Wildman–Crippen LogP) is 4.30. The molecule has 0 N–H and O–H groups in total. The molecule has 0 amide bonds. The first-order chi connectivity index (χ1) is 19.9. The second kappa shape index (κ2) is 12.2. The summed E-state index contributed by atoms with van der Waals surface area (Å²) in [5.41, 5.74) is 2.64. The highest BCUT2D eigenvalue weighted by Gasteiger charge is 2.32. The van der Waals surface area contributed by atoms with Crippen LogP contribution in [0.3, 0.4) is 0 Å². The Labute approximate surface area is 243 Å². The number of para-hydroxylation sites is 1. The number of aromatic nitrogens is 3. The summed E-state index contributed by atoms with van der Waals surface area (Å²) >= 11 is 0. The van der Waals surface area contributed by atoms with Crippen LogP contribution >= 0.6 is 0 Å². The van der Waals surface area contributed by atoms with Gasteiger partial charge in [0.15, 0.2) is 15.7 Å². The lowest BCUT2D eigenvalue weighted by atomic mass is 9.84. The summed E-state index contributed by atoms with van der Waals surface area (Å²) in [5.74, 6) is 2.04. The normalized spacial score (nSPS) is 22.7. The molecule has 2 saturated heterocycles. The summed E-state index contributed by atoms with van der Waals surface area (Å²) in [5, 5.41) is 4.97. The molecule has 6 rings (SSSR count). The molecule has 2 aliphatic heterocycles. The van der Waals surface area contributed by atoms with Crippen molar-refractivity contribution in [3.8, 4) is 22.8 Å². The average molecular weight is 580 g/mol. The van der Waals surface area contributed by atoms with Crippen molar-refractivity contribution in [1.82, 2.24) is 24.6 Å². The Morgan fingerprint density at radius 3 is 2.32 bits per heavy atom. The molecule has 1 saturated carbocycles. The maximum atomic E-state index is 12.9. The van der Waals surface area contributed by atoms with Crippen molar-refractivity contribution in [2.24, 2.45) is 0 Å². The van der Waals surface area contributed by atoms with Crippen LogP contribution in [0.15, 0.2) is 47.4 Å². The van der Waals surface area contributed by atoms with Crippen molar-refractivity contribution in [2.75, 3.05) is 52.8 Å². The smallest absolute Gasteiger partial charge is 0.181 e. The van der Waals surface area contributed by atoms with Crippen LogP contribution in [0.2, 0.25) is 0 Å². The number of nitrogens with zero attached hydrogens (tertiary/aromatic N) is 5. The third-order valence-electron chi connectivity index (χ3n) is 8.87. The van der Waals surface area contributed by atoms with Gasteiger partial charge in [-0.15, -0.1) is 5.10 Å². The second-order valence-corrected chi connectivity index (χ2v) is 13.6. The van der Waals surface area contributed by atoms with Gasteiger partial charge in [-0.25, -0.2) is 18.1 Å². The Balaban J connectivity index is 1.35. The van der Waals surface area contributed by atoms with Gasteiger partial charge in [0, 0.05) is 43.4 Å². The van der Waals surface area contributed by atoms with E-state index in [4.69, 9.17) is 19.6 Å². The van der Waals surface area contributed by atoms with Gasteiger partial charge >= 0.3 is 0 Å². The van der Waals surface area contributed by atoms with Crippen molar-refractivity contribution in [3.05, 3.63) is 53.9 Å². The van der Waals surface area contributed by atoms with Gasteiger partial charge in [-0.3, -0.25) is 9.80 Å². The summed E-state index contributed by atoms with van der Waals surface area (Å²) in [6.45, 7) is 6.86. The summed E-state index contributed by atoms with van der Waals surface area (Å²) in [6.07, 6.45) is 7.86. The minimum Gasteiger partial charge on any atom is -0.494 e. The highest BCUT2D eigenvalue weighted by atomic mass is 32.2. The van der Waals surface area contributed by atoms with E-state index in [2.05, 4.69) is 34.1 Å². The van der Waals surface area contributed by atoms with Crippen molar-refractivity contribution in [2.45, 2.75) is 61.9 Å². The highest BCUT2D eigenvalue weighted by Crippen LogP contribution is 2.39. The summed E-state index contributed by atoms with van der Waals surface area (Å²) in [6, 6.07) is 14.2. The summed E-state index contributed by atoms with van der Waals surface area (Å²) in [7, 11) is -1.98. The molecule has 9 nitrogen and oxygen atoms in total. The number of hydrogen-bond donors (Lipinski definition) is 0. The molecule has 3 aliphatic rings. The standard InChI is InChI=1S/C31H41N5O4S/c1-39-27-6-5-7-28(41(2,37)38)29(27)36-31(25-12-14-26(15-13-25)35-18-20-40-21-19-35)32-30(33-36)24-10-8-23(9-11-24)22-34-16-3-4-17-34/h5-11,25-26H,3-4,12-22H2,1-2H3. The zero-order valence-electron chi connectivity index (χ0n) is 24.2. The number of benzene rings is 2. The van der Waals surface area contributed by atoms with Crippen molar-refractivity contribution in [1.29, 1.82) is 0 Å². The Kier molecular flexibility index (Phi) is 8.44. The molecular weight excluding hydrogens is 538 g/mol. The van der Waals surface area contributed by atoms with E-state index in [0.717, 1.165) is 83.0 Å². The zero-order chi connectivity index (χ0) is 28.4. The van der Waals surface area contributed by atoms with Gasteiger partial charge in [-0.1, -0.05) is 30.3 Å². The molecule has 0 atom stereocenters. The molecule has 0 spiro atoms. The topological polar surface area (TPSA) is 89.8 Å². The van der Waals surface area contributed by atoms with Crippen molar-refractivity contribution in [3.63, 3.8) is 0 Å². The number of rotatable bonds is 8. The van der Waals surface area contributed by atoms with Gasteiger partial charge < -0.3 is 9.47 Å². The molecule has 220 valence electrons. The van der Waals surface area contributed by atoms with Gasteiger partial charge in [0.05, 0.1) is 25.2 Å². The van der Waals surface area contributed by atoms with E-state index in [1.807, 2.05) is 0 Å². The molecule has 3 fully saturated rings. The van der Waals surface area contributed by atoms with Crippen LogP contribution in [0.5, 0.6) is 5.75 Å². The Hall–Kier alpha value is -2.79. The molecule has 0 bridgehead atoms. The first-order valence-corrected chi connectivity index (χ1v) is 16.8. The minimum absolute atomic E-state index is 0.167. The molecule has 2 aromatic carbocycles. The number of ether oxygens (including phenoxy) is 2. The molecule has 10 heteroatoms. The van der Waals surface area contributed by atoms with E-state index in [-0.39, 0.29) is 10.8 Å². The van der Waals surface area contributed by atoms with Gasteiger partial charge in [0.1, 0.15) is 17.3 Å². The number of hydrogen-bond acceptors (Lipinski definition) is 8. The fraction of sp³-hybridized carbons (Fsp3) is 0.548. The monoisotopic (exact) mass is 579 g/mol. The largest absolute Gasteiger partial charge is 0.494 e. The Morgan fingerprint density at radius 1 is 0.951 bits per heavy atom. The van der Waals surface area contributed by atoms with E-state index >= 15 is 0 Å². The third-order valence-corrected chi connectivity index (χ3v) is 9.99. The molecule has 0 radical (unpaired) electrons. The quantitative estimate of drug-likeness (QED) is 0.390. The van der Waals surface area contributed by atoms with Crippen LogP contribution < -0.4 is 4.74 Å². The highest BCUT2D eigenvalue weighted by molar-refractivity contribution is 7.90. The third kappa shape index (κ3) is 6.21. The van der Waals surface area contributed by atoms with Crippen LogP contribution in [0.25, 0.3) is 17.1 Å². The van der Waals surface area contributed by atoms with E-state index in [0.29, 0.717) is 23.3 Å². The first kappa shape index (κ1) is 28.3. The molecule has 1 aliphatic carbocycles. The Bertz CT molecular complexity index is 1440. The van der Waals surface area contributed by atoms with Gasteiger partial charge in [-0.05, 0) is 69.3 Å². The van der Waals surface area contributed by atoms with Crippen LogP contribution in [-0.2, 0) is 21.1 Å². The van der Waals surface area contributed by atoms with Crippen LogP contribution in [0.4, 0.5) is 0 Å². The lowest BCUT2D eigenvalue weighted by molar-refractivity contribution is 0.00707. The molecule has 0 unspecified atom stereocenters. The number of sulfone groups is 1. The van der Waals surface area contributed by atoms with Crippen LogP contribution in [0.1, 0.15) is 55.8 Å². The van der Waals surface area contributed by atoms with Gasteiger partial charge in [0.2, 0.25) is 0 Å². The SMILES string of the molecule is COc1cccc(S(C)(=O)=O)c1-n1nc(-c2ccc(CN3CCCC3)cc2)nc1C1CCC(N2CCOCC2)CC1. The second-order valence-electron chi connectivity index (χ2n) is 11.6. The summed E-state index contributed by atoms with van der Waals surface area (Å²) in [4.78, 5) is 10.3. The number of methoxy groups -OCH3 is 1. The molecule has 1 aromatic heterocycles. The average Bonchev–Trinajstić information content (AvgIpc) is 3.68. The summed E-state index contributed by atoms with van der Waals surface area (Å²) < 4.78 is 38.8. The lowest BCUT2D eigenvalue weighted by Gasteiger charge is -2.38. The molecule has 3 aromatic rings. The van der Waals surface area contributed by atoms with E-state index < -0.39 is 9.84 Å². The minimum atomic E-state index is -3.55. The van der Waals surface area contributed by atoms with E-state index in [1.54, 1.807) is 30.0 Å². The van der Waals surface area contributed by atoms with Gasteiger partial charge in [-0.2, -0.15) is 0 Å². The maximum absolute atomic E-state index is 12.9. The fourth-order valence-electron chi connectivity index (χ4n) is 6.65. The predicted molar refractivity (Wildman–Crippen MR) is 158 cm³/mol. The number of morpholine rings is 1. The maximum Gasteiger partial charge on any atom is 0.181 e. The number of likely N-dealkylation sites (tertiary alicyclic amines) is 1.